The van der Waals surface area contributed by atoms with E-state index < -0.39 is 0 Å². The Morgan fingerprint density at radius 1 is 1.53 bits per heavy atom. The van der Waals surface area contributed by atoms with Crippen molar-refractivity contribution < 1.29 is 4.74 Å². The van der Waals surface area contributed by atoms with Crippen LogP contribution in [0.2, 0.25) is 0 Å². The summed E-state index contributed by atoms with van der Waals surface area (Å²) in [6.07, 6.45) is 2.68. The summed E-state index contributed by atoms with van der Waals surface area (Å²) < 4.78 is 7.87. The van der Waals surface area contributed by atoms with Crippen LogP contribution >= 0.6 is 0 Å². The van der Waals surface area contributed by atoms with Gasteiger partial charge in [0, 0.05) is 31.6 Å². The smallest absolute Gasteiger partial charge is 0.138 e. The van der Waals surface area contributed by atoms with E-state index in [0.717, 1.165) is 31.9 Å². The summed E-state index contributed by atoms with van der Waals surface area (Å²) in [7, 11) is 4.12. The van der Waals surface area contributed by atoms with Gasteiger partial charge in [0.05, 0.1) is 12.7 Å². The molecule has 1 saturated heterocycles. The van der Waals surface area contributed by atoms with Crippen LogP contribution in [0.25, 0.3) is 0 Å². The fraction of sp³-hybridized carbons (Fsp3) is 0.846. The minimum Gasteiger partial charge on any atom is -0.374 e. The Morgan fingerprint density at radius 2 is 2.32 bits per heavy atom. The molecule has 1 aromatic rings. The van der Waals surface area contributed by atoms with E-state index in [2.05, 4.69) is 41.2 Å². The van der Waals surface area contributed by atoms with Crippen molar-refractivity contribution in [2.75, 3.05) is 33.8 Å². The minimum atomic E-state index is 0.209. The number of hydrogen-bond acceptors (Lipinski definition) is 5. The van der Waals surface area contributed by atoms with Gasteiger partial charge in [0.1, 0.15) is 12.2 Å². The number of ether oxygens (including phenoxy) is 1. The fourth-order valence-corrected chi connectivity index (χ4v) is 2.52. The molecule has 6 heteroatoms. The Morgan fingerprint density at radius 3 is 2.95 bits per heavy atom. The zero-order valence-corrected chi connectivity index (χ0v) is 12.3. The molecular weight excluding hydrogens is 242 g/mol. The van der Waals surface area contributed by atoms with Gasteiger partial charge >= 0.3 is 0 Å². The zero-order valence-electron chi connectivity index (χ0n) is 12.3. The van der Waals surface area contributed by atoms with Crippen molar-refractivity contribution in [3.8, 4) is 0 Å². The van der Waals surface area contributed by atoms with Gasteiger partial charge in [-0.3, -0.25) is 0 Å². The lowest BCUT2D eigenvalue weighted by molar-refractivity contribution is -0.0376. The van der Waals surface area contributed by atoms with Crippen LogP contribution in [-0.4, -0.2) is 65.6 Å². The number of hydrogen-bond donors (Lipinski definition) is 1. The van der Waals surface area contributed by atoms with Crippen LogP contribution in [0.15, 0.2) is 6.33 Å². The summed E-state index contributed by atoms with van der Waals surface area (Å²) in [5.74, 6) is 1.02. The Labute approximate surface area is 115 Å². The molecular formula is C13H25N5O. The first kappa shape index (κ1) is 14.4. The highest BCUT2D eigenvalue weighted by Crippen LogP contribution is 2.13. The van der Waals surface area contributed by atoms with Crippen LogP contribution in [0.1, 0.15) is 25.7 Å². The Kier molecular flexibility index (Phi) is 4.90. The highest BCUT2D eigenvalue weighted by molar-refractivity contribution is 4.95. The van der Waals surface area contributed by atoms with E-state index in [-0.39, 0.29) is 12.1 Å². The number of rotatable bonds is 5. The molecule has 0 radical (unpaired) electrons. The Hall–Kier alpha value is -0.980. The van der Waals surface area contributed by atoms with E-state index in [4.69, 9.17) is 4.74 Å². The van der Waals surface area contributed by atoms with Gasteiger partial charge in [-0.1, -0.05) is 0 Å². The van der Waals surface area contributed by atoms with Gasteiger partial charge in [0.2, 0.25) is 0 Å². The summed E-state index contributed by atoms with van der Waals surface area (Å²) in [5.41, 5.74) is 0. The third kappa shape index (κ3) is 3.52. The molecule has 0 bridgehead atoms. The van der Waals surface area contributed by atoms with Crippen LogP contribution in [-0.2, 0) is 11.2 Å². The maximum absolute atomic E-state index is 5.89. The summed E-state index contributed by atoms with van der Waals surface area (Å²) in [6, 6.07) is 0.606. The molecule has 108 valence electrons. The summed E-state index contributed by atoms with van der Waals surface area (Å²) in [4.78, 5) is 6.69. The molecule has 0 saturated carbocycles. The van der Waals surface area contributed by atoms with E-state index in [1.54, 1.807) is 6.33 Å². The van der Waals surface area contributed by atoms with Crippen molar-refractivity contribution in [2.24, 2.45) is 0 Å². The van der Waals surface area contributed by atoms with E-state index in [1.807, 2.05) is 11.7 Å². The normalized spacial score (nSPS) is 22.9. The minimum absolute atomic E-state index is 0.209. The van der Waals surface area contributed by atoms with Crippen LogP contribution in [0.3, 0.4) is 0 Å². The molecule has 1 fully saturated rings. The predicted molar refractivity (Wildman–Crippen MR) is 74.2 cm³/mol. The number of nitrogens with zero attached hydrogens (tertiary/aromatic N) is 4. The van der Waals surface area contributed by atoms with Crippen LogP contribution < -0.4 is 5.32 Å². The van der Waals surface area contributed by atoms with E-state index in [9.17, 15) is 0 Å². The van der Waals surface area contributed by atoms with Gasteiger partial charge in [0.15, 0.2) is 0 Å². The van der Waals surface area contributed by atoms with Crippen molar-refractivity contribution in [1.82, 2.24) is 25.0 Å². The van der Waals surface area contributed by atoms with Crippen molar-refractivity contribution >= 4 is 0 Å². The SMILES string of the molecule is CNC(Cc1ncnn1C(C)C)C1CN(C)CCO1. The lowest BCUT2D eigenvalue weighted by Gasteiger charge is -2.35. The van der Waals surface area contributed by atoms with Gasteiger partial charge in [-0.25, -0.2) is 9.67 Å². The molecule has 2 rings (SSSR count). The zero-order chi connectivity index (χ0) is 13.8. The molecule has 1 aromatic heterocycles. The molecule has 6 nitrogen and oxygen atoms in total. The number of aromatic nitrogens is 3. The summed E-state index contributed by atoms with van der Waals surface area (Å²) in [5, 5.41) is 7.65. The summed E-state index contributed by atoms with van der Waals surface area (Å²) >= 11 is 0. The maximum Gasteiger partial charge on any atom is 0.138 e. The molecule has 1 N–H and O–H groups in total. The van der Waals surface area contributed by atoms with E-state index in [1.165, 1.54) is 0 Å². The van der Waals surface area contributed by atoms with Crippen molar-refractivity contribution in [3.63, 3.8) is 0 Å². The Balaban J connectivity index is 2.04. The second-order valence-electron chi connectivity index (χ2n) is 5.49. The third-order valence-corrected chi connectivity index (χ3v) is 3.66. The number of morpholine rings is 1. The number of likely N-dealkylation sites (N-methyl/N-ethyl adjacent to an activating group) is 2. The van der Waals surface area contributed by atoms with E-state index in [0.29, 0.717) is 6.04 Å². The molecule has 1 aliphatic rings. The van der Waals surface area contributed by atoms with Gasteiger partial charge < -0.3 is 15.0 Å². The number of nitrogens with one attached hydrogen (secondary N) is 1. The molecule has 0 spiro atoms. The quantitative estimate of drug-likeness (QED) is 0.832. The molecule has 2 unspecified atom stereocenters. The fourth-order valence-electron chi connectivity index (χ4n) is 2.52. The molecule has 0 aliphatic carbocycles. The first-order valence-corrected chi connectivity index (χ1v) is 6.97. The first-order chi connectivity index (χ1) is 9.11. The van der Waals surface area contributed by atoms with Gasteiger partial charge in [0.25, 0.3) is 0 Å². The van der Waals surface area contributed by atoms with Gasteiger partial charge in [-0.2, -0.15) is 5.10 Å². The Bertz CT molecular complexity index is 392. The second-order valence-corrected chi connectivity index (χ2v) is 5.49. The van der Waals surface area contributed by atoms with Crippen LogP contribution in [0.4, 0.5) is 0 Å². The topological polar surface area (TPSA) is 55.2 Å². The summed E-state index contributed by atoms with van der Waals surface area (Å²) in [6.45, 7) is 7.02. The van der Waals surface area contributed by atoms with Crippen LogP contribution in [0, 0.1) is 0 Å². The molecule has 2 heterocycles. The highest BCUT2D eigenvalue weighted by Gasteiger charge is 2.27. The van der Waals surface area contributed by atoms with E-state index >= 15 is 0 Å². The predicted octanol–water partition coefficient (Wildman–Crippen LogP) is 0.320. The first-order valence-electron chi connectivity index (χ1n) is 6.97. The largest absolute Gasteiger partial charge is 0.374 e. The monoisotopic (exact) mass is 267 g/mol. The van der Waals surface area contributed by atoms with Gasteiger partial charge in [-0.15, -0.1) is 0 Å². The molecule has 0 amide bonds. The molecule has 2 atom stereocenters. The lowest BCUT2D eigenvalue weighted by atomic mass is 10.1. The molecule has 19 heavy (non-hydrogen) atoms. The highest BCUT2D eigenvalue weighted by atomic mass is 16.5. The van der Waals surface area contributed by atoms with Crippen molar-refractivity contribution in [2.45, 2.75) is 38.5 Å². The molecule has 1 aliphatic heterocycles. The third-order valence-electron chi connectivity index (χ3n) is 3.66. The second kappa shape index (κ2) is 6.45. The van der Waals surface area contributed by atoms with Gasteiger partial charge in [-0.05, 0) is 27.9 Å². The average Bonchev–Trinajstić information content (AvgIpc) is 2.84. The standard InChI is InChI=1S/C13H25N5O/c1-10(2)18-13(15-9-16-18)7-11(14-3)12-8-17(4)5-6-19-12/h9-12,14H,5-8H2,1-4H3. The average molecular weight is 267 g/mol. The van der Waals surface area contributed by atoms with Crippen molar-refractivity contribution in [1.29, 1.82) is 0 Å². The maximum atomic E-state index is 5.89. The molecule has 0 aromatic carbocycles. The lowest BCUT2D eigenvalue weighted by Crippen LogP contribution is -2.51. The van der Waals surface area contributed by atoms with Crippen molar-refractivity contribution in [3.05, 3.63) is 12.2 Å². The van der Waals surface area contributed by atoms with Crippen LogP contribution in [0.5, 0.6) is 0 Å².